The van der Waals surface area contributed by atoms with Crippen LogP contribution in [0.25, 0.3) is 11.0 Å². The van der Waals surface area contributed by atoms with Crippen LogP contribution in [-0.2, 0) is 0 Å². The fourth-order valence-electron chi connectivity index (χ4n) is 0.889. The van der Waals surface area contributed by atoms with Crippen LogP contribution in [0.5, 0.6) is 0 Å². The van der Waals surface area contributed by atoms with E-state index >= 15 is 0 Å². The quantitative estimate of drug-likeness (QED) is 0.650. The van der Waals surface area contributed by atoms with E-state index in [1.54, 1.807) is 18.2 Å². The predicted molar refractivity (Wildman–Crippen MR) is 38.9 cm³/mol. The average Bonchev–Trinajstić information content (AvgIpc) is 2.32. The third kappa shape index (κ3) is 0.914. The number of rotatable bonds is 0. The zero-order chi connectivity index (χ0) is 7.84. The monoisotopic (exact) mass is 171 g/mol. The highest BCUT2D eigenvalue weighted by Crippen LogP contribution is 2.13. The van der Waals surface area contributed by atoms with Gasteiger partial charge in [-0.1, -0.05) is 21.4 Å². The number of benzene rings is 1. The second-order valence-corrected chi connectivity index (χ2v) is 2.55. The summed E-state index contributed by atoms with van der Waals surface area (Å²) in [7, 11) is 0. The Bertz CT molecular complexity index is 445. The molecule has 5 heteroatoms. The van der Waals surface area contributed by atoms with Crippen LogP contribution >= 0.6 is 11.6 Å². The number of fused-ring (bicyclic) bond motifs is 1. The molecule has 0 aliphatic heterocycles. The Kier molecular flexibility index (Phi) is 1.22. The van der Waals surface area contributed by atoms with Gasteiger partial charge in [-0.05, 0) is 17.0 Å². The van der Waals surface area contributed by atoms with Crippen molar-refractivity contribution in [2.24, 2.45) is 0 Å². The first-order valence-corrected chi connectivity index (χ1v) is 3.35. The van der Waals surface area contributed by atoms with E-state index in [1.165, 1.54) is 0 Å². The molecule has 2 aromatic rings. The number of nitrogens with one attached hydrogen (secondary N) is 1. The number of hydrogen-bond donors (Lipinski definition) is 1. The highest BCUT2D eigenvalue weighted by Gasteiger charge is 2.08. The smallest absolute Gasteiger partial charge is 0.0875 e. The molecule has 1 aromatic carbocycles. The lowest BCUT2D eigenvalue weighted by atomic mass is 10.3. The molecule has 0 unspecified atom stereocenters. The number of aromatic nitrogens is 2. The Morgan fingerprint density at radius 1 is 1.55 bits per heavy atom. The zero-order valence-electron chi connectivity index (χ0n) is 5.37. The van der Waals surface area contributed by atoms with Crippen molar-refractivity contribution in [3.63, 3.8) is 0 Å². The van der Waals surface area contributed by atoms with Gasteiger partial charge < -0.3 is 0 Å². The molecule has 0 saturated carbocycles. The third-order valence-electron chi connectivity index (χ3n) is 1.39. The van der Waals surface area contributed by atoms with Gasteiger partial charge in [-0.25, -0.2) is 0 Å². The third-order valence-corrected chi connectivity index (χ3v) is 1.63. The van der Waals surface area contributed by atoms with Crippen LogP contribution < -0.4 is 4.60 Å². The lowest BCUT2D eigenvalue weighted by molar-refractivity contribution is -0.692. The van der Waals surface area contributed by atoms with Gasteiger partial charge in [-0.15, -0.1) is 0 Å². The molecule has 0 aliphatic rings. The van der Waals surface area contributed by atoms with Crippen molar-refractivity contribution in [3.8, 4) is 0 Å². The van der Waals surface area contributed by atoms with Gasteiger partial charge in [0.15, 0.2) is 4.60 Å². The maximum absolute atomic E-state index is 10.8. The molecular formula is C6H4ClN2O2+. The molecule has 0 amide bonds. The van der Waals surface area contributed by atoms with E-state index in [1.807, 2.05) is 0 Å². The Morgan fingerprint density at radius 2 is 2.36 bits per heavy atom. The number of nitrogens with zero attached hydrogens (tertiary/aromatic N) is 1. The van der Waals surface area contributed by atoms with E-state index in [2.05, 4.69) is 9.79 Å². The highest BCUT2D eigenvalue weighted by atomic mass is 35.5. The zero-order valence-corrected chi connectivity index (χ0v) is 6.13. The molecule has 2 rings (SSSR count). The van der Waals surface area contributed by atoms with E-state index in [0.29, 0.717) is 20.7 Å². The molecule has 0 radical (unpaired) electrons. The van der Waals surface area contributed by atoms with Crippen molar-refractivity contribution in [2.75, 3.05) is 0 Å². The molecule has 1 aromatic heterocycles. The summed E-state index contributed by atoms with van der Waals surface area (Å²) < 4.78 is 4.84. The fraction of sp³-hybridized carbons (Fsp3) is 0. The largest absolute Gasteiger partial charge is 0.272 e. The minimum absolute atomic E-state index is 0.395. The summed E-state index contributed by atoms with van der Waals surface area (Å²) in [4.78, 5) is 10.8. The molecule has 0 aliphatic carbocycles. The van der Waals surface area contributed by atoms with Crippen molar-refractivity contribution < 1.29 is 9.23 Å². The average molecular weight is 172 g/mol. The molecular weight excluding hydrogens is 168 g/mol. The maximum atomic E-state index is 10.8. The molecule has 0 saturated heterocycles. The van der Waals surface area contributed by atoms with E-state index in [4.69, 9.17) is 11.6 Å². The Morgan fingerprint density at radius 3 is 3.18 bits per heavy atom. The Balaban J connectivity index is 2.97. The van der Waals surface area contributed by atoms with Crippen LogP contribution in [0.2, 0.25) is 5.02 Å². The number of halogens is 1. The van der Waals surface area contributed by atoms with Crippen molar-refractivity contribution in [3.05, 3.63) is 28.1 Å². The van der Waals surface area contributed by atoms with Crippen molar-refractivity contribution in [1.82, 2.24) is 5.16 Å². The molecule has 0 atom stereocenters. The van der Waals surface area contributed by atoms with E-state index in [-0.39, 0.29) is 0 Å². The van der Waals surface area contributed by atoms with Gasteiger partial charge in [0.05, 0.1) is 0 Å². The lowest BCUT2D eigenvalue weighted by Crippen LogP contribution is -2.07. The summed E-state index contributed by atoms with van der Waals surface area (Å²) in [5, 5.41) is 2.98. The first-order chi connectivity index (χ1) is 5.27. The van der Waals surface area contributed by atoms with Crippen LogP contribution in [0.1, 0.15) is 0 Å². The van der Waals surface area contributed by atoms with Gasteiger partial charge in [-0.2, -0.15) is 0 Å². The van der Waals surface area contributed by atoms with Crippen LogP contribution in [-0.4, -0.2) is 5.16 Å². The van der Waals surface area contributed by atoms with Crippen molar-refractivity contribution in [1.29, 1.82) is 0 Å². The lowest BCUT2D eigenvalue weighted by Gasteiger charge is -1.80. The Labute approximate surface area is 65.9 Å². The van der Waals surface area contributed by atoms with Crippen LogP contribution in [0.15, 0.2) is 22.8 Å². The minimum Gasteiger partial charge on any atom is -0.0875 e. The van der Waals surface area contributed by atoms with Crippen LogP contribution in [0, 0.1) is 4.91 Å². The summed E-state index contributed by atoms with van der Waals surface area (Å²) >= 11 is 5.65. The summed E-state index contributed by atoms with van der Waals surface area (Å²) in [6.07, 6.45) is 0. The summed E-state index contributed by atoms with van der Waals surface area (Å²) in [5.74, 6) is 0. The van der Waals surface area contributed by atoms with Gasteiger partial charge >= 0.3 is 0 Å². The second-order valence-electron chi connectivity index (χ2n) is 2.11. The first-order valence-electron chi connectivity index (χ1n) is 2.97. The molecule has 4 nitrogen and oxygen atoms in total. The van der Waals surface area contributed by atoms with Gasteiger partial charge in [0.1, 0.15) is 0 Å². The highest BCUT2D eigenvalue weighted by molar-refractivity contribution is 6.31. The predicted octanol–water partition coefficient (Wildman–Crippen LogP) is 1.33. The SMILES string of the molecule is O=[n+]1o[nH]c2cc(Cl)ccc21. The van der Waals surface area contributed by atoms with E-state index < -0.39 is 0 Å². The molecule has 0 fully saturated rings. The molecule has 1 heterocycles. The van der Waals surface area contributed by atoms with Gasteiger partial charge in [0.2, 0.25) is 5.52 Å². The standard InChI is InChI=1S/C6H4ClN2O2/c7-4-1-2-6-5(3-4)8-11-9(6)10/h1-3,8H/q+1. The Hall–Kier alpha value is -1.29. The maximum Gasteiger partial charge on any atom is 0.272 e. The molecule has 56 valence electrons. The molecule has 1 N–H and O–H groups in total. The fourth-order valence-corrected chi connectivity index (χ4v) is 1.06. The van der Waals surface area contributed by atoms with Crippen LogP contribution in [0.3, 0.4) is 0 Å². The van der Waals surface area contributed by atoms with Gasteiger partial charge in [0, 0.05) is 11.1 Å². The first kappa shape index (κ1) is 6.42. The van der Waals surface area contributed by atoms with E-state index in [9.17, 15) is 4.91 Å². The summed E-state index contributed by atoms with van der Waals surface area (Å²) in [5.41, 5.74) is 1.03. The number of hydrogen-bond acceptors (Lipinski definition) is 2. The molecule has 11 heavy (non-hydrogen) atoms. The number of aromatic amines is 1. The molecule has 0 spiro atoms. The van der Waals surface area contributed by atoms with Gasteiger partial charge in [0.25, 0.3) is 5.52 Å². The van der Waals surface area contributed by atoms with Gasteiger partial charge in [-0.3, -0.25) is 0 Å². The normalized spacial score (nSPS) is 10.6. The topological polar surface area (TPSA) is 51.9 Å². The van der Waals surface area contributed by atoms with E-state index in [0.717, 1.165) is 0 Å². The molecule has 0 bridgehead atoms. The van der Waals surface area contributed by atoms with Crippen molar-refractivity contribution >= 4 is 22.6 Å². The summed E-state index contributed by atoms with van der Waals surface area (Å²) in [6.45, 7) is 0. The van der Waals surface area contributed by atoms with Crippen LogP contribution in [0.4, 0.5) is 0 Å². The summed E-state index contributed by atoms with van der Waals surface area (Å²) in [6, 6.07) is 4.83. The second kappa shape index (κ2) is 2.10. The number of H-pyrrole nitrogens is 1. The van der Waals surface area contributed by atoms with Crippen molar-refractivity contribution in [2.45, 2.75) is 0 Å². The minimum atomic E-state index is 0.395.